The summed E-state index contributed by atoms with van der Waals surface area (Å²) in [5, 5.41) is 2.81. The second kappa shape index (κ2) is 10.9. The second-order valence-corrected chi connectivity index (χ2v) is 10.7. The first kappa shape index (κ1) is 24.1. The Morgan fingerprint density at radius 1 is 0.853 bits per heavy atom. The summed E-state index contributed by atoms with van der Waals surface area (Å²) < 4.78 is 27.5. The van der Waals surface area contributed by atoms with Gasteiger partial charge in [-0.2, -0.15) is 0 Å². The summed E-state index contributed by atoms with van der Waals surface area (Å²) in [6, 6.07) is 16.2. The maximum atomic E-state index is 12.5. The molecule has 4 rings (SSSR count). The monoisotopic (exact) mass is 484 g/mol. The van der Waals surface area contributed by atoms with E-state index in [4.69, 9.17) is 0 Å². The van der Waals surface area contributed by atoms with Crippen molar-refractivity contribution in [3.8, 4) is 0 Å². The van der Waals surface area contributed by atoms with E-state index in [2.05, 4.69) is 14.9 Å². The number of amides is 2. The van der Waals surface area contributed by atoms with Gasteiger partial charge in [0.25, 0.3) is 5.91 Å². The third-order valence-corrected chi connectivity index (χ3v) is 7.54. The zero-order chi connectivity index (χ0) is 24.0. The minimum atomic E-state index is -3.82. The molecule has 2 N–H and O–H groups in total. The van der Waals surface area contributed by atoms with Crippen LogP contribution in [0.4, 0.5) is 11.4 Å². The Kier molecular flexibility index (Phi) is 7.72. The van der Waals surface area contributed by atoms with Crippen molar-refractivity contribution in [3.05, 3.63) is 60.2 Å². The van der Waals surface area contributed by atoms with E-state index in [1.165, 1.54) is 19.3 Å². The predicted molar refractivity (Wildman–Crippen MR) is 133 cm³/mol. The van der Waals surface area contributed by atoms with Crippen LogP contribution >= 0.6 is 0 Å². The van der Waals surface area contributed by atoms with E-state index in [9.17, 15) is 18.0 Å². The summed E-state index contributed by atoms with van der Waals surface area (Å²) >= 11 is 0. The van der Waals surface area contributed by atoms with Crippen molar-refractivity contribution in [2.45, 2.75) is 38.1 Å². The lowest BCUT2D eigenvalue weighted by Gasteiger charge is -2.32. The van der Waals surface area contributed by atoms with Crippen LogP contribution in [0.1, 0.15) is 42.5 Å². The molecule has 0 atom stereocenters. The number of carbonyl (C=O) groups is 2. The lowest BCUT2D eigenvalue weighted by Crippen LogP contribution is -2.48. The Bertz CT molecular complexity index is 1080. The molecule has 9 heteroatoms. The van der Waals surface area contributed by atoms with Crippen molar-refractivity contribution in [3.63, 3.8) is 0 Å². The molecule has 0 saturated carbocycles. The molecule has 2 fully saturated rings. The highest BCUT2D eigenvalue weighted by atomic mass is 32.2. The third kappa shape index (κ3) is 6.50. The summed E-state index contributed by atoms with van der Waals surface area (Å²) in [6.45, 7) is 3.08. The summed E-state index contributed by atoms with van der Waals surface area (Å²) in [7, 11) is -3.82. The predicted octanol–water partition coefficient (Wildman–Crippen LogP) is 2.84. The topological polar surface area (TPSA) is 98.8 Å². The summed E-state index contributed by atoms with van der Waals surface area (Å²) in [4.78, 5) is 29.0. The minimum Gasteiger partial charge on any atom is -0.372 e. The van der Waals surface area contributed by atoms with Crippen molar-refractivity contribution < 1.29 is 18.0 Å². The van der Waals surface area contributed by atoms with Crippen LogP contribution in [-0.2, 0) is 14.8 Å². The molecule has 34 heavy (non-hydrogen) atoms. The fourth-order valence-electron chi connectivity index (χ4n) is 4.54. The number of benzene rings is 2. The number of hydrogen-bond donors (Lipinski definition) is 2. The molecule has 0 unspecified atom stereocenters. The number of anilines is 2. The number of sulfonamides is 1. The normalized spacial score (nSPS) is 17.3. The van der Waals surface area contributed by atoms with Crippen LogP contribution < -0.4 is 14.9 Å². The van der Waals surface area contributed by atoms with Gasteiger partial charge in [-0.3, -0.25) is 14.3 Å². The van der Waals surface area contributed by atoms with Gasteiger partial charge in [-0.15, -0.1) is 0 Å². The van der Waals surface area contributed by atoms with Crippen LogP contribution in [0.3, 0.4) is 0 Å². The zero-order valence-electron chi connectivity index (χ0n) is 19.3. The number of hydrogen-bond acceptors (Lipinski definition) is 5. The summed E-state index contributed by atoms with van der Waals surface area (Å²) in [5.41, 5.74) is 2.17. The minimum absolute atomic E-state index is 0.0246. The quantitative estimate of drug-likeness (QED) is 0.630. The molecule has 0 aromatic heterocycles. The maximum absolute atomic E-state index is 12.5. The number of nitrogens with one attached hydrogen (secondary N) is 2. The molecule has 0 spiro atoms. The van der Waals surface area contributed by atoms with E-state index in [1.54, 1.807) is 29.2 Å². The largest absolute Gasteiger partial charge is 0.372 e. The second-order valence-electron chi connectivity index (χ2n) is 8.96. The van der Waals surface area contributed by atoms with E-state index in [0.717, 1.165) is 18.8 Å². The van der Waals surface area contributed by atoms with Crippen molar-refractivity contribution in [1.82, 2.24) is 10.2 Å². The fraction of sp³-hybridized carbons (Fsp3) is 0.440. The molecule has 8 nitrogen and oxygen atoms in total. The van der Waals surface area contributed by atoms with E-state index < -0.39 is 21.7 Å². The highest BCUT2D eigenvalue weighted by Gasteiger charge is 2.26. The van der Waals surface area contributed by atoms with Crippen molar-refractivity contribution in [2.75, 3.05) is 41.6 Å². The zero-order valence-corrected chi connectivity index (χ0v) is 20.1. The van der Waals surface area contributed by atoms with E-state index in [1.807, 2.05) is 30.3 Å². The number of carbonyl (C=O) groups excluding carboxylic acids is 2. The van der Waals surface area contributed by atoms with Crippen LogP contribution in [0.2, 0.25) is 0 Å². The van der Waals surface area contributed by atoms with Crippen LogP contribution in [0.15, 0.2) is 54.6 Å². The van der Waals surface area contributed by atoms with Gasteiger partial charge >= 0.3 is 0 Å². The van der Waals surface area contributed by atoms with Crippen molar-refractivity contribution in [1.29, 1.82) is 0 Å². The molecular weight excluding hydrogens is 452 g/mol. The van der Waals surface area contributed by atoms with E-state index >= 15 is 0 Å². The number of rotatable bonds is 7. The highest BCUT2D eigenvalue weighted by molar-refractivity contribution is 7.93. The smallest absolute Gasteiger partial charge is 0.253 e. The first-order valence-corrected chi connectivity index (χ1v) is 13.5. The summed E-state index contributed by atoms with van der Waals surface area (Å²) in [5.74, 6) is -1.20. The van der Waals surface area contributed by atoms with Crippen LogP contribution in [-0.4, -0.2) is 63.1 Å². The molecule has 2 heterocycles. The Morgan fingerprint density at radius 2 is 1.50 bits per heavy atom. The van der Waals surface area contributed by atoms with Gasteiger partial charge in [0.1, 0.15) is 5.75 Å². The van der Waals surface area contributed by atoms with Crippen LogP contribution in [0.5, 0.6) is 0 Å². The number of nitrogens with zero attached hydrogens (tertiary/aromatic N) is 2. The SMILES string of the molecule is O=C(CS(=O)(=O)Nc1ccc(N2CCCCC2)cc1)NC1CCN(C(=O)c2ccccc2)CC1. The summed E-state index contributed by atoms with van der Waals surface area (Å²) in [6.07, 6.45) is 4.78. The maximum Gasteiger partial charge on any atom is 0.253 e. The molecule has 2 amide bonds. The molecular formula is C25H32N4O4S. The van der Waals surface area contributed by atoms with Gasteiger partial charge in [-0.1, -0.05) is 18.2 Å². The molecule has 0 radical (unpaired) electrons. The third-order valence-electron chi connectivity index (χ3n) is 6.35. The Labute approximate surface area is 201 Å². The standard InChI is InChI=1S/C25H32N4O4S/c30-24(26-21-13-17-29(18-14-21)25(31)20-7-3-1-4-8-20)19-34(32,33)27-22-9-11-23(12-10-22)28-15-5-2-6-16-28/h1,3-4,7-12,21,27H,2,5-6,13-19H2,(H,26,30). The molecule has 182 valence electrons. The average molecular weight is 485 g/mol. The van der Waals surface area contributed by atoms with Crippen molar-refractivity contribution >= 4 is 33.2 Å². The Morgan fingerprint density at radius 3 is 2.15 bits per heavy atom. The Hall–Kier alpha value is -3.07. The first-order valence-electron chi connectivity index (χ1n) is 11.9. The van der Waals surface area contributed by atoms with Gasteiger partial charge in [0, 0.05) is 49.2 Å². The fourth-order valence-corrected chi connectivity index (χ4v) is 5.54. The molecule has 2 aromatic rings. The molecule has 2 aliphatic heterocycles. The van der Waals surface area contributed by atoms with Crippen molar-refractivity contribution in [2.24, 2.45) is 0 Å². The van der Waals surface area contributed by atoms with Gasteiger partial charge < -0.3 is 15.1 Å². The number of likely N-dealkylation sites (tertiary alicyclic amines) is 1. The molecule has 0 bridgehead atoms. The average Bonchev–Trinajstić information content (AvgIpc) is 2.85. The van der Waals surface area contributed by atoms with Gasteiger partial charge in [-0.25, -0.2) is 8.42 Å². The van der Waals surface area contributed by atoms with Gasteiger partial charge in [0.15, 0.2) is 0 Å². The first-order chi connectivity index (χ1) is 16.4. The van der Waals surface area contributed by atoms with Crippen LogP contribution in [0.25, 0.3) is 0 Å². The molecule has 2 aliphatic rings. The molecule has 0 aliphatic carbocycles. The van der Waals surface area contributed by atoms with Gasteiger partial charge in [0.2, 0.25) is 15.9 Å². The molecule has 2 aromatic carbocycles. The lowest BCUT2D eigenvalue weighted by atomic mass is 10.0. The number of piperidine rings is 2. The van der Waals surface area contributed by atoms with E-state index in [0.29, 0.717) is 37.2 Å². The lowest BCUT2D eigenvalue weighted by molar-refractivity contribution is -0.119. The Balaban J connectivity index is 1.23. The van der Waals surface area contributed by atoms with Gasteiger partial charge in [0.05, 0.1) is 0 Å². The molecule has 2 saturated heterocycles. The van der Waals surface area contributed by atoms with Crippen LogP contribution in [0, 0.1) is 0 Å². The van der Waals surface area contributed by atoms with Gasteiger partial charge in [-0.05, 0) is 68.5 Å². The highest BCUT2D eigenvalue weighted by Crippen LogP contribution is 2.22. The van der Waals surface area contributed by atoms with E-state index in [-0.39, 0.29) is 11.9 Å².